The van der Waals surface area contributed by atoms with Crippen LogP contribution in [0.3, 0.4) is 0 Å². The third kappa shape index (κ3) is 3.20. The zero-order chi connectivity index (χ0) is 15.0. The summed E-state index contributed by atoms with van der Waals surface area (Å²) >= 11 is 0. The number of fused-ring (bicyclic) bond motifs is 1. The molecule has 4 nitrogen and oxygen atoms in total. The molecule has 0 bridgehead atoms. The first-order chi connectivity index (χ1) is 9.94. The van der Waals surface area contributed by atoms with Crippen molar-refractivity contribution in [3.63, 3.8) is 0 Å². The number of likely N-dealkylation sites (tertiary alicyclic amines) is 1. The van der Waals surface area contributed by atoms with Crippen molar-refractivity contribution in [1.82, 2.24) is 4.90 Å². The average molecular weight is 305 g/mol. The SMILES string of the molecule is C[Si](C)(C)CN1C(=O)C[C@@H]2O[C@@H](c3ccccc3)OC[C@@H]21. The summed E-state index contributed by atoms with van der Waals surface area (Å²) in [5.41, 5.74) is 1.02. The maximum atomic E-state index is 12.3. The summed E-state index contributed by atoms with van der Waals surface area (Å²) in [7, 11) is -1.33. The molecule has 0 aliphatic carbocycles. The molecule has 114 valence electrons. The van der Waals surface area contributed by atoms with Crippen LogP contribution in [0.4, 0.5) is 0 Å². The quantitative estimate of drug-likeness (QED) is 0.806. The van der Waals surface area contributed by atoms with Crippen molar-refractivity contribution in [2.24, 2.45) is 0 Å². The van der Waals surface area contributed by atoms with E-state index in [1.54, 1.807) is 0 Å². The van der Waals surface area contributed by atoms with Crippen LogP contribution in [0, 0.1) is 0 Å². The largest absolute Gasteiger partial charge is 0.346 e. The topological polar surface area (TPSA) is 38.8 Å². The lowest BCUT2D eigenvalue weighted by Crippen LogP contribution is -2.50. The molecule has 3 rings (SSSR count). The third-order valence-electron chi connectivity index (χ3n) is 3.96. The second-order valence-corrected chi connectivity index (χ2v) is 12.5. The Hall–Kier alpha value is -1.17. The molecule has 0 aromatic heterocycles. The zero-order valence-electron chi connectivity index (χ0n) is 12.9. The van der Waals surface area contributed by atoms with Crippen LogP contribution in [0.5, 0.6) is 0 Å². The second-order valence-electron chi connectivity index (χ2n) is 7.10. The molecule has 0 unspecified atom stereocenters. The molecule has 3 atom stereocenters. The molecule has 21 heavy (non-hydrogen) atoms. The first-order valence-electron chi connectivity index (χ1n) is 7.55. The van der Waals surface area contributed by atoms with Gasteiger partial charge in [0.05, 0.1) is 33.2 Å². The highest BCUT2D eigenvalue weighted by molar-refractivity contribution is 6.76. The van der Waals surface area contributed by atoms with Gasteiger partial charge in [0.1, 0.15) is 0 Å². The first kappa shape index (κ1) is 14.8. The summed E-state index contributed by atoms with van der Waals surface area (Å²) < 4.78 is 11.9. The lowest BCUT2D eigenvalue weighted by Gasteiger charge is -2.37. The van der Waals surface area contributed by atoms with Crippen LogP contribution in [0.25, 0.3) is 0 Å². The maximum absolute atomic E-state index is 12.3. The van der Waals surface area contributed by atoms with E-state index in [4.69, 9.17) is 9.47 Å². The summed E-state index contributed by atoms with van der Waals surface area (Å²) in [6.45, 7) is 7.42. The number of nitrogens with zero attached hydrogens (tertiary/aromatic N) is 1. The molecule has 2 aliphatic heterocycles. The van der Waals surface area contributed by atoms with Gasteiger partial charge in [0.2, 0.25) is 5.91 Å². The predicted octanol–water partition coefficient (Wildman–Crippen LogP) is 2.58. The Labute approximate surface area is 127 Å². The fourth-order valence-corrected chi connectivity index (χ4v) is 4.47. The smallest absolute Gasteiger partial charge is 0.225 e. The highest BCUT2D eigenvalue weighted by Crippen LogP contribution is 2.34. The molecular formula is C16H23NO3Si. The standard InChI is InChI=1S/C16H23NO3Si/c1-21(2,3)11-17-13-10-19-16(12-7-5-4-6-8-12)20-14(13)9-15(17)18/h4-8,13-14,16H,9-11H2,1-3H3/t13-,14-,16-/m0/s1. The molecule has 0 spiro atoms. The summed E-state index contributed by atoms with van der Waals surface area (Å²) in [4.78, 5) is 14.3. The molecular weight excluding hydrogens is 282 g/mol. The zero-order valence-corrected chi connectivity index (χ0v) is 13.9. The van der Waals surface area contributed by atoms with Crippen LogP contribution in [0.2, 0.25) is 19.6 Å². The Bertz CT molecular complexity index is 514. The normalized spacial score (nSPS) is 29.6. The highest BCUT2D eigenvalue weighted by Gasteiger charge is 2.46. The van der Waals surface area contributed by atoms with Crippen molar-refractivity contribution >= 4 is 14.0 Å². The number of hydrogen-bond donors (Lipinski definition) is 0. The minimum absolute atomic E-state index is 0.0344. The van der Waals surface area contributed by atoms with Crippen LogP contribution in [0.1, 0.15) is 18.3 Å². The average Bonchev–Trinajstić information content (AvgIpc) is 2.74. The second kappa shape index (κ2) is 5.55. The van der Waals surface area contributed by atoms with Gasteiger partial charge >= 0.3 is 0 Å². The fraction of sp³-hybridized carbons (Fsp3) is 0.562. The minimum Gasteiger partial charge on any atom is -0.346 e. The van der Waals surface area contributed by atoms with E-state index in [9.17, 15) is 4.79 Å². The summed E-state index contributed by atoms with van der Waals surface area (Å²) in [6, 6.07) is 10.0. The molecule has 0 radical (unpaired) electrons. The molecule has 0 saturated carbocycles. The van der Waals surface area contributed by atoms with Gasteiger partial charge in [-0.15, -0.1) is 0 Å². The van der Waals surface area contributed by atoms with Crippen LogP contribution in [-0.2, 0) is 14.3 Å². The van der Waals surface area contributed by atoms with E-state index in [0.29, 0.717) is 13.0 Å². The van der Waals surface area contributed by atoms with E-state index in [0.717, 1.165) is 11.7 Å². The van der Waals surface area contributed by atoms with E-state index in [-0.39, 0.29) is 24.3 Å². The molecule has 1 amide bonds. The number of amides is 1. The van der Waals surface area contributed by atoms with E-state index in [1.807, 2.05) is 35.2 Å². The van der Waals surface area contributed by atoms with Gasteiger partial charge in [0.15, 0.2) is 6.29 Å². The van der Waals surface area contributed by atoms with Crippen molar-refractivity contribution < 1.29 is 14.3 Å². The van der Waals surface area contributed by atoms with Gasteiger partial charge in [-0.1, -0.05) is 50.0 Å². The van der Waals surface area contributed by atoms with E-state index in [1.165, 1.54) is 0 Å². The summed E-state index contributed by atoms with van der Waals surface area (Å²) in [6.07, 6.45) is 0.997. The number of carbonyl (C=O) groups is 1. The number of hydrogen-bond acceptors (Lipinski definition) is 3. The third-order valence-corrected chi connectivity index (χ3v) is 5.25. The number of ether oxygens (including phenoxy) is 2. The highest BCUT2D eigenvalue weighted by atomic mass is 28.3. The van der Waals surface area contributed by atoms with Crippen LogP contribution in [0.15, 0.2) is 30.3 Å². The predicted molar refractivity (Wildman–Crippen MR) is 83.5 cm³/mol. The molecule has 2 saturated heterocycles. The Kier molecular flexibility index (Phi) is 3.90. The fourth-order valence-electron chi connectivity index (χ4n) is 3.03. The molecule has 1 aromatic rings. The van der Waals surface area contributed by atoms with Gasteiger partial charge in [-0.05, 0) is 0 Å². The Morgan fingerprint density at radius 1 is 1.24 bits per heavy atom. The van der Waals surface area contributed by atoms with Crippen molar-refractivity contribution in [2.45, 2.75) is 44.5 Å². The summed E-state index contributed by atoms with van der Waals surface area (Å²) in [5.74, 6) is 0.213. The first-order valence-corrected chi connectivity index (χ1v) is 11.3. The van der Waals surface area contributed by atoms with Crippen LogP contribution >= 0.6 is 0 Å². The van der Waals surface area contributed by atoms with Crippen LogP contribution < -0.4 is 0 Å². The van der Waals surface area contributed by atoms with E-state index >= 15 is 0 Å². The van der Waals surface area contributed by atoms with Gasteiger partial charge in [-0.25, -0.2) is 0 Å². The van der Waals surface area contributed by atoms with Crippen molar-refractivity contribution in [3.05, 3.63) is 35.9 Å². The molecule has 2 fully saturated rings. The number of benzene rings is 1. The van der Waals surface area contributed by atoms with Gasteiger partial charge in [0, 0.05) is 11.7 Å². The lowest BCUT2D eigenvalue weighted by atomic mass is 10.1. The molecule has 2 aliphatic rings. The monoisotopic (exact) mass is 305 g/mol. The van der Waals surface area contributed by atoms with Crippen molar-refractivity contribution in [3.8, 4) is 0 Å². The minimum atomic E-state index is -1.33. The van der Waals surface area contributed by atoms with E-state index in [2.05, 4.69) is 19.6 Å². The summed E-state index contributed by atoms with van der Waals surface area (Å²) in [5, 5.41) is 0. The van der Waals surface area contributed by atoms with E-state index < -0.39 is 8.07 Å². The molecule has 1 aromatic carbocycles. The maximum Gasteiger partial charge on any atom is 0.225 e. The van der Waals surface area contributed by atoms with Gasteiger partial charge in [-0.2, -0.15) is 0 Å². The lowest BCUT2D eigenvalue weighted by molar-refractivity contribution is -0.229. The van der Waals surface area contributed by atoms with Gasteiger partial charge in [-0.3, -0.25) is 4.79 Å². The Balaban J connectivity index is 1.71. The Morgan fingerprint density at radius 2 is 1.95 bits per heavy atom. The Morgan fingerprint density at radius 3 is 2.62 bits per heavy atom. The number of carbonyl (C=O) groups excluding carboxylic acids is 1. The van der Waals surface area contributed by atoms with Crippen molar-refractivity contribution in [1.29, 1.82) is 0 Å². The molecule has 0 N–H and O–H groups in total. The number of rotatable bonds is 3. The van der Waals surface area contributed by atoms with Gasteiger partial charge in [0.25, 0.3) is 0 Å². The molecule has 5 heteroatoms. The molecule has 2 heterocycles. The van der Waals surface area contributed by atoms with Crippen molar-refractivity contribution in [2.75, 3.05) is 12.8 Å². The van der Waals surface area contributed by atoms with Crippen LogP contribution in [-0.4, -0.2) is 43.8 Å². The van der Waals surface area contributed by atoms with Gasteiger partial charge < -0.3 is 14.4 Å².